The fraction of sp³-hybridized carbons (Fsp3) is 0.316. The zero-order chi connectivity index (χ0) is 15.9. The molecule has 0 aliphatic carbocycles. The number of hydrogen-bond acceptors (Lipinski definition) is 2. The van der Waals surface area contributed by atoms with Crippen LogP contribution >= 0.6 is 0 Å². The predicted octanol–water partition coefficient (Wildman–Crippen LogP) is 3.48. The molecule has 22 heavy (non-hydrogen) atoms. The average molecular weight is 361 g/mol. The Hall–Kier alpha value is -1.57. The van der Waals surface area contributed by atoms with Crippen molar-refractivity contribution in [2.24, 2.45) is 5.92 Å². The van der Waals surface area contributed by atoms with Crippen LogP contribution in [0.15, 0.2) is 54.6 Å². The van der Waals surface area contributed by atoms with Crippen molar-refractivity contribution in [3.63, 3.8) is 0 Å². The average Bonchev–Trinajstić information content (AvgIpc) is 2.53. The van der Waals surface area contributed by atoms with Gasteiger partial charge in [-0.1, -0.05) is 0 Å². The van der Waals surface area contributed by atoms with E-state index in [4.69, 9.17) is 3.82 Å². The Morgan fingerprint density at radius 2 is 1.64 bits per heavy atom. The van der Waals surface area contributed by atoms with Gasteiger partial charge in [0.2, 0.25) is 0 Å². The molecule has 0 spiro atoms. The first-order valence-electron chi connectivity index (χ1n) is 7.58. The van der Waals surface area contributed by atoms with E-state index in [9.17, 15) is 4.79 Å². The molecule has 0 fully saturated rings. The van der Waals surface area contributed by atoms with Gasteiger partial charge in [0.15, 0.2) is 0 Å². The molecule has 0 bridgehead atoms. The molecule has 1 atom stereocenters. The van der Waals surface area contributed by atoms with E-state index in [-0.39, 0.29) is 27.2 Å². The van der Waals surface area contributed by atoms with Gasteiger partial charge >= 0.3 is 139 Å². The molecule has 0 saturated carbocycles. The van der Waals surface area contributed by atoms with Gasteiger partial charge in [0.05, 0.1) is 0 Å². The van der Waals surface area contributed by atoms with Gasteiger partial charge in [0.1, 0.15) is 0 Å². The van der Waals surface area contributed by atoms with E-state index < -0.39 is 0 Å². The molecule has 0 aromatic heterocycles. The number of hydrogen-bond donors (Lipinski definition) is 0. The van der Waals surface area contributed by atoms with Gasteiger partial charge in [-0.15, -0.1) is 0 Å². The van der Waals surface area contributed by atoms with Crippen molar-refractivity contribution >= 4 is 25.7 Å². The van der Waals surface area contributed by atoms with Crippen LogP contribution in [-0.4, -0.2) is 21.3 Å². The summed E-state index contributed by atoms with van der Waals surface area (Å²) in [6.45, 7) is 6.32. The molecule has 0 radical (unpaired) electrons. The van der Waals surface area contributed by atoms with E-state index in [2.05, 4.69) is 26.0 Å². The van der Waals surface area contributed by atoms with Crippen LogP contribution in [0.1, 0.15) is 37.8 Å². The topological polar surface area (TPSA) is 26.3 Å². The van der Waals surface area contributed by atoms with Crippen LogP contribution in [0.25, 0.3) is 0 Å². The van der Waals surface area contributed by atoms with E-state index in [0.717, 1.165) is 16.4 Å². The van der Waals surface area contributed by atoms with Crippen LogP contribution in [-0.2, 0) is 15.0 Å². The van der Waals surface area contributed by atoms with Crippen LogP contribution in [0.4, 0.5) is 0 Å². The molecule has 1 unspecified atom stereocenters. The van der Waals surface area contributed by atoms with Crippen molar-refractivity contribution in [2.45, 2.75) is 33.1 Å². The van der Waals surface area contributed by atoms with Gasteiger partial charge in [0.25, 0.3) is 0 Å². The van der Waals surface area contributed by atoms with Crippen molar-refractivity contribution < 1.29 is 8.61 Å². The maximum atomic E-state index is 12.2. The zero-order valence-electron chi connectivity index (χ0n) is 13.3. The predicted molar refractivity (Wildman–Crippen MR) is 91.3 cm³/mol. The zero-order valence-corrected chi connectivity index (χ0v) is 15.0. The van der Waals surface area contributed by atoms with Crippen molar-refractivity contribution in [3.8, 4) is 0 Å². The number of benzene rings is 2. The van der Waals surface area contributed by atoms with Crippen LogP contribution in [0.5, 0.6) is 0 Å². The second kappa shape index (κ2) is 8.16. The van der Waals surface area contributed by atoms with Gasteiger partial charge < -0.3 is 0 Å². The Balaban J connectivity index is 1.92. The first kappa shape index (κ1) is 16.8. The summed E-state index contributed by atoms with van der Waals surface area (Å²) in [6.07, 6.45) is 1.07. The molecular formula is C19H22O2Se. The van der Waals surface area contributed by atoms with Crippen molar-refractivity contribution in [2.75, 3.05) is 0 Å². The monoisotopic (exact) mass is 362 g/mol. The summed E-state index contributed by atoms with van der Waals surface area (Å²) in [7, 11) is 0. The molecule has 2 aromatic rings. The molecular weight excluding hydrogens is 339 g/mol. The van der Waals surface area contributed by atoms with E-state index in [1.54, 1.807) is 0 Å². The minimum absolute atomic E-state index is 0.152. The molecule has 0 aliphatic rings. The molecule has 3 heteroatoms. The molecule has 0 amide bonds. The quantitative estimate of drug-likeness (QED) is 0.737. The van der Waals surface area contributed by atoms with Crippen LogP contribution in [0.2, 0.25) is 0 Å². The summed E-state index contributed by atoms with van der Waals surface area (Å²) in [4.78, 5) is 12.2. The normalized spacial score (nSPS) is 12.2. The molecule has 2 aromatic carbocycles. The Bertz CT molecular complexity index is 591. The molecule has 2 nitrogen and oxygen atoms in total. The molecule has 0 aliphatic heterocycles. The summed E-state index contributed by atoms with van der Waals surface area (Å²) >= 11 is -0.260. The van der Waals surface area contributed by atoms with E-state index in [0.29, 0.717) is 5.92 Å². The Kier molecular flexibility index (Phi) is 6.23. The Morgan fingerprint density at radius 3 is 2.23 bits per heavy atom. The third-order valence-electron chi connectivity index (χ3n) is 3.44. The molecule has 0 saturated heterocycles. The van der Waals surface area contributed by atoms with Gasteiger partial charge in [-0.2, -0.15) is 0 Å². The molecule has 116 valence electrons. The van der Waals surface area contributed by atoms with E-state index in [1.165, 1.54) is 5.56 Å². The first-order chi connectivity index (χ1) is 10.6. The SMILES string of the molecule is CC(C)Cc1ccc(C(C)C(=O)O[Se]c2ccccc2)cc1. The Labute approximate surface area is 139 Å². The molecule has 2 rings (SSSR count). The van der Waals surface area contributed by atoms with Crippen molar-refractivity contribution in [3.05, 3.63) is 65.7 Å². The number of rotatable bonds is 6. The molecule has 0 N–H and O–H groups in total. The van der Waals surface area contributed by atoms with Crippen molar-refractivity contribution in [1.82, 2.24) is 0 Å². The van der Waals surface area contributed by atoms with Gasteiger partial charge in [0, 0.05) is 0 Å². The Morgan fingerprint density at radius 1 is 1.00 bits per heavy atom. The standard InChI is InChI=1S/C19H22O2Se/c1-14(2)13-16-9-11-17(12-10-16)15(3)19(20)21-22-18-7-5-4-6-8-18/h4-12,14-15H,13H2,1-3H3. The van der Waals surface area contributed by atoms with Gasteiger partial charge in [-0.25, -0.2) is 0 Å². The van der Waals surface area contributed by atoms with Crippen LogP contribution in [0, 0.1) is 5.92 Å². The van der Waals surface area contributed by atoms with Crippen molar-refractivity contribution in [1.29, 1.82) is 0 Å². The summed E-state index contributed by atoms with van der Waals surface area (Å²) in [5.74, 6) is 0.265. The second-order valence-electron chi connectivity index (χ2n) is 5.86. The van der Waals surface area contributed by atoms with Gasteiger partial charge in [-0.05, 0) is 0 Å². The fourth-order valence-electron chi connectivity index (χ4n) is 2.19. The first-order valence-corrected chi connectivity index (χ1v) is 9.14. The maximum absolute atomic E-state index is 12.2. The third kappa shape index (κ3) is 5.01. The minimum atomic E-state index is -0.260. The van der Waals surface area contributed by atoms with Crippen LogP contribution in [0.3, 0.4) is 0 Å². The summed E-state index contributed by atoms with van der Waals surface area (Å²) in [6, 6.07) is 18.2. The second-order valence-corrected chi connectivity index (χ2v) is 7.55. The summed E-state index contributed by atoms with van der Waals surface area (Å²) < 4.78 is 6.53. The summed E-state index contributed by atoms with van der Waals surface area (Å²) in [5.41, 5.74) is 2.33. The fourth-order valence-corrected chi connectivity index (χ4v) is 3.43. The van der Waals surface area contributed by atoms with E-state index in [1.807, 2.05) is 49.4 Å². The van der Waals surface area contributed by atoms with E-state index >= 15 is 0 Å². The summed E-state index contributed by atoms with van der Waals surface area (Å²) in [5, 5.41) is 0. The number of carbonyl (C=O) groups is 1. The third-order valence-corrected chi connectivity index (χ3v) is 4.93. The van der Waals surface area contributed by atoms with Crippen LogP contribution < -0.4 is 4.46 Å². The molecule has 0 heterocycles. The van der Waals surface area contributed by atoms with Gasteiger partial charge in [-0.3, -0.25) is 0 Å². The number of carbonyl (C=O) groups excluding carboxylic acids is 1.